The maximum atomic E-state index is 14.0. The van der Waals surface area contributed by atoms with Crippen LogP contribution in [0.3, 0.4) is 0 Å². The molecular weight excluding hydrogens is 319 g/mol. The van der Waals surface area contributed by atoms with E-state index in [4.69, 9.17) is 11.6 Å². The van der Waals surface area contributed by atoms with Crippen LogP contribution in [0.15, 0.2) is 6.07 Å². The van der Waals surface area contributed by atoms with E-state index in [9.17, 15) is 14.3 Å². The Morgan fingerprint density at radius 3 is 2.91 bits per heavy atom. The number of benzene rings is 1. The zero-order valence-corrected chi connectivity index (χ0v) is 13.4. The van der Waals surface area contributed by atoms with Crippen molar-refractivity contribution in [2.45, 2.75) is 43.7 Å². The zero-order valence-electron chi connectivity index (χ0n) is 12.7. The average molecular weight is 337 g/mol. The topological polar surface area (TPSA) is 52.6 Å². The number of hydrogen-bond acceptors (Lipinski definition) is 3. The van der Waals surface area contributed by atoms with Gasteiger partial charge in [0.25, 0.3) is 0 Å². The number of likely N-dealkylation sites (tertiary alicyclic amines) is 1. The Bertz CT molecular complexity index is 749. The normalized spacial score (nSPS) is 33.4. The smallest absolute Gasteiger partial charge is 0.223 e. The largest absolute Gasteiger partial charge is 0.505 e. The Morgan fingerprint density at radius 1 is 1.43 bits per heavy atom. The number of halogens is 2. The molecule has 2 heterocycles. The Hall–Kier alpha value is -1.33. The molecule has 0 aromatic heterocycles. The van der Waals surface area contributed by atoms with Crippen molar-refractivity contribution in [3.63, 3.8) is 0 Å². The van der Waals surface area contributed by atoms with Crippen molar-refractivity contribution in [1.29, 1.82) is 0 Å². The molecule has 2 saturated carbocycles. The van der Waals surface area contributed by atoms with Gasteiger partial charge in [-0.05, 0) is 42.7 Å². The molecule has 0 radical (unpaired) electrons. The van der Waals surface area contributed by atoms with Gasteiger partial charge in [0.2, 0.25) is 5.91 Å². The van der Waals surface area contributed by atoms with Gasteiger partial charge in [0, 0.05) is 30.1 Å². The molecule has 2 aliphatic carbocycles. The van der Waals surface area contributed by atoms with Crippen LogP contribution in [0.2, 0.25) is 5.02 Å². The lowest BCUT2D eigenvalue weighted by molar-refractivity contribution is -0.128. The number of carbonyl (C=O) groups excluding carboxylic acids is 1. The molecule has 5 rings (SSSR count). The number of hydrogen-bond donors (Lipinski definition) is 2. The van der Waals surface area contributed by atoms with Gasteiger partial charge >= 0.3 is 0 Å². The molecule has 1 unspecified atom stereocenters. The number of carbonyl (C=O) groups is 1. The zero-order chi connectivity index (χ0) is 16.0. The SMILES string of the molecule is O=C1CC2(CC2)CN1C1C[C@@]12NCCc1c(Cl)cc(F)c(O)c12. The molecule has 2 atom stereocenters. The van der Waals surface area contributed by atoms with Crippen molar-refractivity contribution < 1.29 is 14.3 Å². The highest BCUT2D eigenvalue weighted by atomic mass is 35.5. The molecule has 122 valence electrons. The molecule has 1 aromatic rings. The summed E-state index contributed by atoms with van der Waals surface area (Å²) in [6, 6.07) is 1.18. The first-order chi connectivity index (χ1) is 11.0. The van der Waals surface area contributed by atoms with Crippen molar-refractivity contribution in [2.75, 3.05) is 13.1 Å². The van der Waals surface area contributed by atoms with Gasteiger partial charge in [0.1, 0.15) is 0 Å². The Balaban J connectivity index is 1.56. The van der Waals surface area contributed by atoms with E-state index in [1.54, 1.807) is 0 Å². The molecule has 4 aliphatic rings. The third-order valence-corrected chi connectivity index (χ3v) is 6.52. The number of amides is 1. The number of nitrogens with zero attached hydrogens (tertiary/aromatic N) is 1. The second kappa shape index (κ2) is 4.19. The lowest BCUT2D eigenvalue weighted by Crippen LogP contribution is -2.44. The monoisotopic (exact) mass is 336 g/mol. The molecule has 0 bridgehead atoms. The third kappa shape index (κ3) is 1.78. The lowest BCUT2D eigenvalue weighted by atomic mass is 9.90. The van der Waals surface area contributed by atoms with Crippen LogP contribution in [0.1, 0.15) is 36.8 Å². The predicted molar refractivity (Wildman–Crippen MR) is 82.9 cm³/mol. The van der Waals surface area contributed by atoms with Crippen LogP contribution in [0, 0.1) is 11.2 Å². The van der Waals surface area contributed by atoms with Gasteiger partial charge in [-0.25, -0.2) is 4.39 Å². The number of nitrogens with one attached hydrogen (secondary N) is 1. The highest BCUT2D eigenvalue weighted by molar-refractivity contribution is 6.31. The summed E-state index contributed by atoms with van der Waals surface area (Å²) >= 11 is 6.21. The number of rotatable bonds is 1. The van der Waals surface area contributed by atoms with E-state index in [0.29, 0.717) is 23.4 Å². The summed E-state index contributed by atoms with van der Waals surface area (Å²) in [5, 5.41) is 14.1. The Morgan fingerprint density at radius 2 is 2.22 bits per heavy atom. The minimum Gasteiger partial charge on any atom is -0.505 e. The summed E-state index contributed by atoms with van der Waals surface area (Å²) in [5.74, 6) is -0.805. The lowest BCUT2D eigenvalue weighted by Gasteiger charge is -2.32. The highest BCUT2D eigenvalue weighted by Gasteiger charge is 2.65. The third-order valence-electron chi connectivity index (χ3n) is 6.18. The van der Waals surface area contributed by atoms with Crippen molar-refractivity contribution in [3.8, 4) is 5.75 Å². The van der Waals surface area contributed by atoms with Crippen molar-refractivity contribution in [3.05, 3.63) is 28.0 Å². The van der Waals surface area contributed by atoms with Crippen LogP contribution in [-0.4, -0.2) is 35.0 Å². The number of aromatic hydroxyl groups is 1. The maximum Gasteiger partial charge on any atom is 0.223 e. The van der Waals surface area contributed by atoms with Gasteiger partial charge < -0.3 is 15.3 Å². The van der Waals surface area contributed by atoms with Crippen molar-refractivity contribution in [1.82, 2.24) is 10.2 Å². The maximum absolute atomic E-state index is 14.0. The number of phenolic OH excluding ortho intramolecular Hbond substituents is 1. The summed E-state index contributed by atoms with van der Waals surface area (Å²) in [5.41, 5.74) is 1.07. The van der Waals surface area contributed by atoms with E-state index in [1.165, 1.54) is 6.07 Å². The Labute approximate surface area is 138 Å². The van der Waals surface area contributed by atoms with E-state index < -0.39 is 11.4 Å². The van der Waals surface area contributed by atoms with E-state index in [-0.39, 0.29) is 23.1 Å². The van der Waals surface area contributed by atoms with Crippen LogP contribution in [-0.2, 0) is 16.8 Å². The molecule has 4 nitrogen and oxygen atoms in total. The van der Waals surface area contributed by atoms with Crippen molar-refractivity contribution in [2.24, 2.45) is 5.41 Å². The minimum absolute atomic E-state index is 0.00204. The van der Waals surface area contributed by atoms with E-state index in [2.05, 4.69) is 5.32 Å². The highest BCUT2D eigenvalue weighted by Crippen LogP contribution is 2.60. The van der Waals surface area contributed by atoms with Gasteiger partial charge in [-0.15, -0.1) is 0 Å². The molecule has 2 aliphatic heterocycles. The van der Waals surface area contributed by atoms with Crippen LogP contribution in [0.4, 0.5) is 4.39 Å². The van der Waals surface area contributed by atoms with Crippen molar-refractivity contribution >= 4 is 17.5 Å². The van der Waals surface area contributed by atoms with Gasteiger partial charge in [0.05, 0.1) is 11.6 Å². The molecule has 3 fully saturated rings. The summed E-state index contributed by atoms with van der Waals surface area (Å²) in [6.45, 7) is 1.53. The first-order valence-electron chi connectivity index (χ1n) is 8.21. The molecule has 2 spiro atoms. The fraction of sp³-hybridized carbons (Fsp3) is 0.588. The number of fused-ring (bicyclic) bond motifs is 2. The molecule has 2 N–H and O–H groups in total. The van der Waals surface area contributed by atoms with Crippen LogP contribution >= 0.6 is 11.6 Å². The molecule has 6 heteroatoms. The molecule has 1 aromatic carbocycles. The second-order valence-corrected chi connectivity index (χ2v) is 8.02. The average Bonchev–Trinajstić information content (AvgIpc) is 3.38. The summed E-state index contributed by atoms with van der Waals surface area (Å²) in [7, 11) is 0. The minimum atomic E-state index is -0.686. The molecule has 1 saturated heterocycles. The number of phenols is 1. The van der Waals surface area contributed by atoms with Gasteiger partial charge in [-0.3, -0.25) is 4.79 Å². The second-order valence-electron chi connectivity index (χ2n) is 7.61. The first-order valence-corrected chi connectivity index (χ1v) is 8.58. The summed E-state index contributed by atoms with van der Waals surface area (Å²) in [4.78, 5) is 14.4. The molecule has 1 amide bonds. The van der Waals surface area contributed by atoms with Crippen LogP contribution in [0.25, 0.3) is 0 Å². The first kappa shape index (κ1) is 14.1. The fourth-order valence-electron chi connectivity index (χ4n) is 4.68. The fourth-order valence-corrected chi connectivity index (χ4v) is 4.96. The van der Waals surface area contributed by atoms with Gasteiger partial charge in [0.15, 0.2) is 11.6 Å². The van der Waals surface area contributed by atoms with Gasteiger partial charge in [-0.2, -0.15) is 0 Å². The molecular formula is C17H18ClFN2O2. The Kier molecular flexibility index (Phi) is 2.56. The van der Waals surface area contributed by atoms with E-state index >= 15 is 0 Å². The van der Waals surface area contributed by atoms with E-state index in [1.807, 2.05) is 4.90 Å². The summed E-state index contributed by atoms with van der Waals surface area (Å²) < 4.78 is 14.0. The van der Waals surface area contributed by atoms with Crippen LogP contribution < -0.4 is 5.32 Å². The van der Waals surface area contributed by atoms with Gasteiger partial charge in [-0.1, -0.05) is 11.6 Å². The van der Waals surface area contributed by atoms with E-state index in [0.717, 1.165) is 37.9 Å². The predicted octanol–water partition coefficient (Wildman–Crippen LogP) is 2.31. The quantitative estimate of drug-likeness (QED) is 0.827. The standard InChI is InChI=1S/C17H18ClFN2O2/c18-10-5-11(19)15(23)14-9(10)1-4-20-17(14)6-12(17)21-8-16(2-3-16)7-13(21)22/h5,12,20,23H,1-4,6-8H2/t12?,17-/m1/s1. The molecule has 23 heavy (non-hydrogen) atoms. The van der Waals surface area contributed by atoms with Crippen LogP contribution in [0.5, 0.6) is 5.75 Å². The summed E-state index contributed by atoms with van der Waals surface area (Å²) in [6.07, 6.45) is 4.28.